The van der Waals surface area contributed by atoms with Crippen LogP contribution in [0.3, 0.4) is 0 Å². The van der Waals surface area contributed by atoms with Crippen molar-refractivity contribution in [2.45, 2.75) is 6.54 Å². The second-order valence-corrected chi connectivity index (χ2v) is 8.67. The number of fused-ring (bicyclic) bond motifs is 1. The van der Waals surface area contributed by atoms with Crippen LogP contribution in [0.5, 0.6) is 11.5 Å². The van der Waals surface area contributed by atoms with Gasteiger partial charge >= 0.3 is 0 Å². The fourth-order valence-corrected chi connectivity index (χ4v) is 4.08. The average molecular weight is 544 g/mol. The number of hydrogen-bond acceptors (Lipinski definition) is 7. The molecule has 2 N–H and O–H groups in total. The monoisotopic (exact) mass is 543 g/mol. The molecule has 0 bridgehead atoms. The molecule has 9 nitrogen and oxygen atoms in total. The molecule has 5 rings (SSSR count). The number of pyridine rings is 1. The van der Waals surface area contributed by atoms with E-state index in [1.54, 1.807) is 30.3 Å². The molecule has 0 fully saturated rings. The van der Waals surface area contributed by atoms with Crippen molar-refractivity contribution in [2.24, 2.45) is 0 Å². The standard InChI is InChI=1S/C29H23F2N5O4/c1-39-25-12-21-24(13-26(25)40-2)33-16-34-28(21)35-23-9-8-20(11-22(23)31)36-15-18(5-10-27(36)37)29(38)32-14-17-3-6-19(30)7-4-17/h3-13,15-16H,14H2,1-2H3,(H,32,38)(H,33,34,35). The van der Waals surface area contributed by atoms with Crippen molar-refractivity contribution in [2.75, 3.05) is 19.5 Å². The summed E-state index contributed by atoms with van der Waals surface area (Å²) in [5.74, 6) is -0.171. The van der Waals surface area contributed by atoms with Crippen LogP contribution in [-0.2, 0) is 6.54 Å². The third-order valence-corrected chi connectivity index (χ3v) is 6.16. The molecule has 2 aromatic heterocycles. The Hall–Kier alpha value is -5.32. The van der Waals surface area contributed by atoms with E-state index in [1.807, 2.05) is 0 Å². The molecule has 0 saturated heterocycles. The summed E-state index contributed by atoms with van der Waals surface area (Å²) < 4.78 is 40.2. The van der Waals surface area contributed by atoms with Crippen molar-refractivity contribution in [3.8, 4) is 17.2 Å². The third kappa shape index (κ3) is 5.44. The van der Waals surface area contributed by atoms with E-state index >= 15 is 4.39 Å². The predicted octanol–water partition coefficient (Wildman–Crippen LogP) is 4.75. The maximum Gasteiger partial charge on any atom is 0.255 e. The average Bonchev–Trinajstić information content (AvgIpc) is 2.97. The Morgan fingerprint density at radius 3 is 2.40 bits per heavy atom. The predicted molar refractivity (Wildman–Crippen MR) is 145 cm³/mol. The first-order chi connectivity index (χ1) is 19.4. The zero-order valence-corrected chi connectivity index (χ0v) is 21.4. The zero-order valence-electron chi connectivity index (χ0n) is 21.4. The summed E-state index contributed by atoms with van der Waals surface area (Å²) in [6.07, 6.45) is 2.68. The van der Waals surface area contributed by atoms with E-state index in [1.165, 1.54) is 67.7 Å². The number of halogens is 2. The number of nitrogens with zero attached hydrogens (tertiary/aromatic N) is 3. The molecule has 0 unspecified atom stereocenters. The van der Waals surface area contributed by atoms with Crippen molar-refractivity contribution in [3.63, 3.8) is 0 Å². The molecule has 0 aliphatic rings. The Balaban J connectivity index is 1.39. The van der Waals surface area contributed by atoms with Gasteiger partial charge in [-0.15, -0.1) is 0 Å². The van der Waals surface area contributed by atoms with Gasteiger partial charge in [-0.3, -0.25) is 14.2 Å². The molecule has 2 heterocycles. The summed E-state index contributed by atoms with van der Waals surface area (Å²) in [4.78, 5) is 33.7. The van der Waals surface area contributed by atoms with Crippen LogP contribution in [0.15, 0.2) is 84.0 Å². The molecule has 0 spiro atoms. The lowest BCUT2D eigenvalue weighted by atomic mass is 10.2. The van der Waals surface area contributed by atoms with Crippen LogP contribution >= 0.6 is 0 Å². The first kappa shape index (κ1) is 26.3. The maximum absolute atomic E-state index is 15.2. The highest BCUT2D eigenvalue weighted by Gasteiger charge is 2.14. The molecule has 1 amide bonds. The Kier molecular flexibility index (Phi) is 7.36. The normalized spacial score (nSPS) is 10.8. The molecular formula is C29H23F2N5O4. The van der Waals surface area contributed by atoms with Crippen LogP contribution in [0.1, 0.15) is 15.9 Å². The lowest BCUT2D eigenvalue weighted by Gasteiger charge is -2.14. The van der Waals surface area contributed by atoms with Crippen LogP contribution in [0.4, 0.5) is 20.3 Å². The van der Waals surface area contributed by atoms with Gasteiger partial charge in [0.05, 0.1) is 36.7 Å². The number of nitrogens with one attached hydrogen (secondary N) is 2. The minimum atomic E-state index is -0.650. The van der Waals surface area contributed by atoms with Gasteiger partial charge in [-0.25, -0.2) is 18.7 Å². The second-order valence-electron chi connectivity index (χ2n) is 8.67. The van der Waals surface area contributed by atoms with Crippen LogP contribution in [0.2, 0.25) is 0 Å². The fourth-order valence-electron chi connectivity index (χ4n) is 4.08. The number of aromatic nitrogens is 3. The number of anilines is 2. The Labute approximate surface area is 227 Å². The van der Waals surface area contributed by atoms with E-state index in [0.29, 0.717) is 33.8 Å². The number of carbonyl (C=O) groups is 1. The van der Waals surface area contributed by atoms with Crippen molar-refractivity contribution in [1.82, 2.24) is 19.9 Å². The molecule has 0 aliphatic carbocycles. The van der Waals surface area contributed by atoms with Crippen LogP contribution in [-0.4, -0.2) is 34.7 Å². The van der Waals surface area contributed by atoms with Gasteiger partial charge in [0.1, 0.15) is 23.8 Å². The Morgan fingerprint density at radius 1 is 0.925 bits per heavy atom. The number of hydrogen-bond donors (Lipinski definition) is 2. The van der Waals surface area contributed by atoms with E-state index in [9.17, 15) is 14.0 Å². The molecule has 40 heavy (non-hydrogen) atoms. The number of amides is 1. The number of methoxy groups -OCH3 is 2. The molecule has 202 valence electrons. The van der Waals surface area contributed by atoms with Crippen molar-refractivity contribution >= 4 is 28.3 Å². The van der Waals surface area contributed by atoms with Crippen LogP contribution in [0, 0.1) is 11.6 Å². The summed E-state index contributed by atoms with van der Waals surface area (Å²) in [5, 5.41) is 6.27. The first-order valence-corrected chi connectivity index (χ1v) is 12.1. The van der Waals surface area contributed by atoms with E-state index in [4.69, 9.17) is 9.47 Å². The molecule has 5 aromatic rings. The SMILES string of the molecule is COc1cc2ncnc(Nc3ccc(-n4cc(C(=O)NCc5ccc(F)cc5)ccc4=O)cc3F)c2cc1OC. The largest absolute Gasteiger partial charge is 0.493 e. The smallest absolute Gasteiger partial charge is 0.255 e. The van der Waals surface area contributed by atoms with E-state index < -0.39 is 17.3 Å². The van der Waals surface area contributed by atoms with Gasteiger partial charge in [0.25, 0.3) is 11.5 Å². The highest BCUT2D eigenvalue weighted by Crippen LogP contribution is 2.34. The maximum atomic E-state index is 15.2. The van der Waals surface area contributed by atoms with E-state index in [0.717, 1.165) is 0 Å². The number of rotatable bonds is 8. The number of benzene rings is 3. The van der Waals surface area contributed by atoms with Gasteiger partial charge < -0.3 is 20.1 Å². The second kappa shape index (κ2) is 11.2. The highest BCUT2D eigenvalue weighted by atomic mass is 19.1. The quantitative estimate of drug-likeness (QED) is 0.291. The minimum absolute atomic E-state index is 0.111. The van der Waals surface area contributed by atoms with Crippen LogP contribution in [0.25, 0.3) is 16.6 Å². The molecule has 0 atom stereocenters. The van der Waals surface area contributed by atoms with Gasteiger partial charge in [-0.05, 0) is 42.0 Å². The van der Waals surface area contributed by atoms with Crippen molar-refractivity contribution in [1.29, 1.82) is 0 Å². The van der Waals surface area contributed by atoms with Gasteiger partial charge in [-0.1, -0.05) is 12.1 Å². The summed E-state index contributed by atoms with van der Waals surface area (Å²) in [6, 6.07) is 15.9. The molecule has 0 saturated carbocycles. The first-order valence-electron chi connectivity index (χ1n) is 12.1. The van der Waals surface area contributed by atoms with Gasteiger partial charge in [0, 0.05) is 36.3 Å². The van der Waals surface area contributed by atoms with Crippen molar-refractivity contribution < 1.29 is 23.0 Å². The lowest BCUT2D eigenvalue weighted by molar-refractivity contribution is 0.0950. The van der Waals surface area contributed by atoms with Crippen molar-refractivity contribution in [3.05, 3.63) is 112 Å². The number of ether oxygens (including phenoxy) is 2. The van der Waals surface area contributed by atoms with Gasteiger partial charge in [0.15, 0.2) is 11.5 Å². The lowest BCUT2D eigenvalue weighted by Crippen LogP contribution is -2.26. The minimum Gasteiger partial charge on any atom is -0.493 e. The number of carbonyl (C=O) groups excluding carboxylic acids is 1. The molecule has 0 aliphatic heterocycles. The van der Waals surface area contributed by atoms with E-state index in [2.05, 4.69) is 20.6 Å². The van der Waals surface area contributed by atoms with Crippen LogP contribution < -0.4 is 25.7 Å². The topological polar surface area (TPSA) is 107 Å². The summed E-state index contributed by atoms with van der Waals surface area (Å²) >= 11 is 0. The van der Waals surface area contributed by atoms with E-state index in [-0.39, 0.29) is 29.3 Å². The third-order valence-electron chi connectivity index (χ3n) is 6.16. The highest BCUT2D eigenvalue weighted by molar-refractivity contribution is 5.94. The molecule has 3 aromatic carbocycles. The summed E-state index contributed by atoms with van der Waals surface area (Å²) in [6.45, 7) is 0.170. The Morgan fingerprint density at radius 2 is 1.68 bits per heavy atom. The summed E-state index contributed by atoms with van der Waals surface area (Å²) in [7, 11) is 3.02. The molecular weight excluding hydrogens is 520 g/mol. The van der Waals surface area contributed by atoms with Gasteiger partial charge in [-0.2, -0.15) is 0 Å². The summed E-state index contributed by atoms with van der Waals surface area (Å²) in [5.41, 5.74) is 1.36. The Bertz CT molecular complexity index is 1770. The molecule has 0 radical (unpaired) electrons. The molecule has 11 heteroatoms. The fraction of sp³-hybridized carbons (Fsp3) is 0.103. The zero-order chi connectivity index (χ0) is 28.2. The van der Waals surface area contributed by atoms with Gasteiger partial charge in [0.2, 0.25) is 0 Å².